The van der Waals surface area contributed by atoms with Crippen LogP contribution in [0.4, 0.5) is 0 Å². The molecule has 2 aromatic rings. The van der Waals surface area contributed by atoms with Gasteiger partial charge in [0.05, 0.1) is 0 Å². The van der Waals surface area contributed by atoms with Crippen molar-refractivity contribution in [3.05, 3.63) is 64.2 Å². The fourth-order valence-electron chi connectivity index (χ4n) is 2.59. The number of fused-ring (bicyclic) bond motifs is 1. The number of hydrogen-bond donors (Lipinski definition) is 0. The highest BCUT2D eigenvalue weighted by molar-refractivity contribution is 6.30. The molecular weight excluding hydrogens is 256 g/mol. The van der Waals surface area contributed by atoms with Gasteiger partial charge in [-0.3, -0.25) is 0 Å². The zero-order chi connectivity index (χ0) is 13.1. The van der Waals surface area contributed by atoms with Crippen molar-refractivity contribution in [2.24, 2.45) is 0 Å². The molecule has 19 heavy (non-hydrogen) atoms. The van der Waals surface area contributed by atoms with Crippen molar-refractivity contribution in [3.63, 3.8) is 0 Å². The van der Waals surface area contributed by atoms with Crippen LogP contribution in [-0.4, -0.2) is 0 Å². The Morgan fingerprint density at radius 1 is 0.947 bits per heavy atom. The maximum absolute atomic E-state index is 5.97. The molecule has 0 atom stereocenters. The van der Waals surface area contributed by atoms with Crippen molar-refractivity contribution < 1.29 is 4.74 Å². The molecule has 0 fully saturated rings. The van der Waals surface area contributed by atoms with Gasteiger partial charge in [0.2, 0.25) is 0 Å². The Labute approximate surface area is 119 Å². The van der Waals surface area contributed by atoms with E-state index in [0.29, 0.717) is 6.61 Å². The summed E-state index contributed by atoms with van der Waals surface area (Å²) in [6, 6.07) is 14.3. The first-order valence-electron chi connectivity index (χ1n) is 6.80. The SMILES string of the molecule is Clc1cccc(COc2ccc3c(c2)CCCC3)c1. The molecule has 0 bridgehead atoms. The van der Waals surface area contributed by atoms with Gasteiger partial charge in [-0.1, -0.05) is 29.8 Å². The Kier molecular flexibility index (Phi) is 3.74. The van der Waals surface area contributed by atoms with Gasteiger partial charge >= 0.3 is 0 Å². The Morgan fingerprint density at radius 3 is 2.63 bits per heavy atom. The van der Waals surface area contributed by atoms with E-state index >= 15 is 0 Å². The van der Waals surface area contributed by atoms with Crippen molar-refractivity contribution in [2.45, 2.75) is 32.3 Å². The van der Waals surface area contributed by atoms with Crippen LogP contribution in [0.1, 0.15) is 29.5 Å². The van der Waals surface area contributed by atoms with Crippen LogP contribution in [0.3, 0.4) is 0 Å². The highest BCUT2D eigenvalue weighted by atomic mass is 35.5. The molecule has 0 radical (unpaired) electrons. The largest absolute Gasteiger partial charge is 0.489 e. The summed E-state index contributed by atoms with van der Waals surface area (Å²) in [6.45, 7) is 0.569. The van der Waals surface area contributed by atoms with E-state index in [-0.39, 0.29) is 0 Å². The van der Waals surface area contributed by atoms with E-state index in [1.165, 1.54) is 36.8 Å². The van der Waals surface area contributed by atoms with E-state index in [0.717, 1.165) is 16.3 Å². The summed E-state index contributed by atoms with van der Waals surface area (Å²) in [5.41, 5.74) is 4.04. The van der Waals surface area contributed by atoms with Gasteiger partial charge in [0.25, 0.3) is 0 Å². The molecule has 1 aliphatic rings. The van der Waals surface area contributed by atoms with Crippen LogP contribution >= 0.6 is 11.6 Å². The number of halogens is 1. The molecule has 0 aliphatic heterocycles. The molecule has 0 amide bonds. The molecule has 1 nitrogen and oxygen atoms in total. The van der Waals surface area contributed by atoms with Crippen LogP contribution in [0, 0.1) is 0 Å². The third-order valence-corrected chi connectivity index (χ3v) is 3.85. The number of aryl methyl sites for hydroxylation is 2. The van der Waals surface area contributed by atoms with Gasteiger partial charge in [-0.2, -0.15) is 0 Å². The van der Waals surface area contributed by atoms with Crippen molar-refractivity contribution in [2.75, 3.05) is 0 Å². The van der Waals surface area contributed by atoms with Crippen molar-refractivity contribution in [1.82, 2.24) is 0 Å². The summed E-state index contributed by atoms with van der Waals surface area (Å²) in [5, 5.41) is 0.756. The molecule has 98 valence electrons. The van der Waals surface area contributed by atoms with Gasteiger partial charge < -0.3 is 4.74 Å². The Morgan fingerprint density at radius 2 is 1.79 bits per heavy atom. The number of benzene rings is 2. The maximum atomic E-state index is 5.97. The van der Waals surface area contributed by atoms with Crippen LogP contribution in [0.2, 0.25) is 5.02 Å². The van der Waals surface area contributed by atoms with E-state index in [4.69, 9.17) is 16.3 Å². The second-order valence-electron chi connectivity index (χ2n) is 5.06. The van der Waals surface area contributed by atoms with Crippen LogP contribution in [0.15, 0.2) is 42.5 Å². The Bertz CT molecular complexity index is 577. The lowest BCUT2D eigenvalue weighted by atomic mass is 9.92. The first-order valence-corrected chi connectivity index (χ1v) is 7.18. The van der Waals surface area contributed by atoms with Crippen molar-refractivity contribution in [1.29, 1.82) is 0 Å². The molecule has 3 rings (SSSR count). The Hall–Kier alpha value is -1.47. The summed E-state index contributed by atoms with van der Waals surface area (Å²) in [4.78, 5) is 0. The molecular formula is C17H17ClO. The molecule has 2 aromatic carbocycles. The zero-order valence-electron chi connectivity index (χ0n) is 10.9. The van der Waals surface area contributed by atoms with Crippen molar-refractivity contribution >= 4 is 11.6 Å². The normalized spacial score (nSPS) is 13.9. The minimum Gasteiger partial charge on any atom is -0.489 e. The first kappa shape index (κ1) is 12.6. The third-order valence-electron chi connectivity index (χ3n) is 3.61. The standard InChI is InChI=1S/C17H17ClO/c18-16-7-3-4-13(10-16)12-19-17-9-8-14-5-1-2-6-15(14)11-17/h3-4,7-11H,1-2,5-6,12H2. The van der Waals surface area contributed by atoms with Gasteiger partial charge in [-0.05, 0) is 66.6 Å². The Balaban J connectivity index is 1.70. The van der Waals surface area contributed by atoms with E-state index < -0.39 is 0 Å². The monoisotopic (exact) mass is 272 g/mol. The van der Waals surface area contributed by atoms with Crippen LogP contribution in [0.25, 0.3) is 0 Å². The summed E-state index contributed by atoms with van der Waals surface area (Å²) in [7, 11) is 0. The quantitative estimate of drug-likeness (QED) is 0.780. The molecule has 0 saturated carbocycles. The summed E-state index contributed by atoms with van der Waals surface area (Å²) in [6.07, 6.45) is 5.01. The van der Waals surface area contributed by atoms with Gasteiger partial charge in [-0.15, -0.1) is 0 Å². The van der Waals surface area contributed by atoms with E-state index in [2.05, 4.69) is 18.2 Å². The number of hydrogen-bond acceptors (Lipinski definition) is 1. The fraction of sp³-hybridized carbons (Fsp3) is 0.294. The maximum Gasteiger partial charge on any atom is 0.120 e. The predicted molar refractivity (Wildman–Crippen MR) is 78.9 cm³/mol. The zero-order valence-corrected chi connectivity index (χ0v) is 11.6. The first-order chi connectivity index (χ1) is 9.31. The number of ether oxygens (including phenoxy) is 1. The fourth-order valence-corrected chi connectivity index (χ4v) is 2.81. The van der Waals surface area contributed by atoms with Crippen LogP contribution in [-0.2, 0) is 19.4 Å². The molecule has 0 unspecified atom stereocenters. The molecule has 0 spiro atoms. The molecule has 0 heterocycles. The second-order valence-corrected chi connectivity index (χ2v) is 5.49. The third kappa shape index (κ3) is 3.10. The second kappa shape index (κ2) is 5.66. The highest BCUT2D eigenvalue weighted by Gasteiger charge is 2.09. The smallest absolute Gasteiger partial charge is 0.120 e. The summed E-state index contributed by atoms with van der Waals surface area (Å²) < 4.78 is 5.85. The molecule has 0 saturated heterocycles. The summed E-state index contributed by atoms with van der Waals surface area (Å²) >= 11 is 5.97. The average Bonchev–Trinajstić information content (AvgIpc) is 2.45. The molecule has 0 aromatic heterocycles. The van der Waals surface area contributed by atoms with Gasteiger partial charge in [0, 0.05) is 5.02 Å². The van der Waals surface area contributed by atoms with Crippen LogP contribution in [0.5, 0.6) is 5.75 Å². The minimum absolute atomic E-state index is 0.569. The lowest BCUT2D eigenvalue weighted by Gasteiger charge is -2.16. The molecule has 0 N–H and O–H groups in total. The molecule has 1 aliphatic carbocycles. The minimum atomic E-state index is 0.569. The lowest BCUT2D eigenvalue weighted by molar-refractivity contribution is 0.305. The summed E-state index contributed by atoms with van der Waals surface area (Å²) in [5.74, 6) is 0.959. The van der Waals surface area contributed by atoms with Gasteiger partial charge in [0.1, 0.15) is 12.4 Å². The van der Waals surface area contributed by atoms with Gasteiger partial charge in [-0.25, -0.2) is 0 Å². The number of rotatable bonds is 3. The van der Waals surface area contributed by atoms with Gasteiger partial charge in [0.15, 0.2) is 0 Å². The predicted octanol–water partition coefficient (Wildman–Crippen LogP) is 4.80. The highest BCUT2D eigenvalue weighted by Crippen LogP contribution is 2.26. The lowest BCUT2D eigenvalue weighted by Crippen LogP contribution is -2.03. The average molecular weight is 273 g/mol. The van der Waals surface area contributed by atoms with E-state index in [9.17, 15) is 0 Å². The molecule has 2 heteroatoms. The van der Waals surface area contributed by atoms with Crippen molar-refractivity contribution in [3.8, 4) is 5.75 Å². The van der Waals surface area contributed by atoms with Crippen LogP contribution < -0.4 is 4.74 Å². The topological polar surface area (TPSA) is 9.23 Å². The van der Waals surface area contributed by atoms with E-state index in [1.807, 2.05) is 24.3 Å². The van der Waals surface area contributed by atoms with E-state index in [1.54, 1.807) is 0 Å².